The Labute approximate surface area is 196 Å². The Morgan fingerprint density at radius 1 is 1.44 bits per heavy atom. The number of amidine groups is 1. The van der Waals surface area contributed by atoms with Crippen LogP contribution < -0.4 is 10.6 Å². The minimum atomic E-state index is -0.738. The van der Waals surface area contributed by atoms with Gasteiger partial charge in [-0.25, -0.2) is 14.2 Å². The fourth-order valence-corrected chi connectivity index (χ4v) is 4.77. The highest BCUT2D eigenvalue weighted by molar-refractivity contribution is 9.10. The number of aromatic nitrogens is 1. The molecule has 0 spiro atoms. The minimum absolute atomic E-state index is 0.0722. The van der Waals surface area contributed by atoms with Crippen molar-refractivity contribution in [2.24, 2.45) is 4.99 Å². The smallest absolute Gasteiger partial charge is 0.338 e. The van der Waals surface area contributed by atoms with Crippen molar-refractivity contribution in [1.29, 1.82) is 0 Å². The molecular formula is C21H21BrFN5O3S. The standard InChI is InChI=1S/C21H21BrFN5O3S/c1-2-31-21(30)17-15(10-28-7-5-24-16(29)11-28)26-19(20-25-6-8-32-20)27-18(17)13-4-3-12(23)9-14(13)22/h3-4,6,8-9,18H,2,5,7,10-11H2,1H3,(H,24,29)(H,26,27). The van der Waals surface area contributed by atoms with Crippen LogP contribution >= 0.6 is 27.3 Å². The van der Waals surface area contributed by atoms with Gasteiger partial charge in [0.15, 0.2) is 10.8 Å². The summed E-state index contributed by atoms with van der Waals surface area (Å²) in [4.78, 5) is 36.0. The van der Waals surface area contributed by atoms with Crippen molar-refractivity contribution >= 4 is 45.0 Å². The lowest BCUT2D eigenvalue weighted by atomic mass is 9.95. The maximum Gasteiger partial charge on any atom is 0.338 e. The van der Waals surface area contributed by atoms with Gasteiger partial charge in [-0.2, -0.15) is 0 Å². The molecule has 1 unspecified atom stereocenters. The van der Waals surface area contributed by atoms with Gasteiger partial charge in [-0.1, -0.05) is 22.0 Å². The number of hydrogen-bond acceptors (Lipinski definition) is 8. The first kappa shape index (κ1) is 22.6. The summed E-state index contributed by atoms with van der Waals surface area (Å²) in [7, 11) is 0. The highest BCUT2D eigenvalue weighted by Crippen LogP contribution is 2.37. The number of piperazine rings is 1. The summed E-state index contributed by atoms with van der Waals surface area (Å²) in [6, 6.07) is 3.53. The fourth-order valence-electron chi connectivity index (χ4n) is 3.62. The lowest BCUT2D eigenvalue weighted by molar-refractivity contribution is -0.139. The first-order chi connectivity index (χ1) is 15.5. The summed E-state index contributed by atoms with van der Waals surface area (Å²) in [5, 5.41) is 8.54. The molecule has 1 amide bonds. The molecule has 1 atom stereocenters. The molecule has 8 nitrogen and oxygen atoms in total. The first-order valence-electron chi connectivity index (χ1n) is 10.0. The fraction of sp³-hybridized carbons (Fsp3) is 0.333. The quantitative estimate of drug-likeness (QED) is 0.566. The van der Waals surface area contributed by atoms with Gasteiger partial charge in [0.05, 0.1) is 18.7 Å². The molecule has 32 heavy (non-hydrogen) atoms. The molecule has 0 bridgehead atoms. The van der Waals surface area contributed by atoms with E-state index in [0.29, 0.717) is 51.8 Å². The molecule has 0 saturated carbocycles. The van der Waals surface area contributed by atoms with Crippen LogP contribution in [0.5, 0.6) is 0 Å². The zero-order valence-corrected chi connectivity index (χ0v) is 19.6. The molecule has 11 heteroatoms. The van der Waals surface area contributed by atoms with Crippen molar-refractivity contribution in [3.05, 3.63) is 61.9 Å². The SMILES string of the molecule is CCOC(=O)C1=C(CN2CCNC(=O)C2)NC(c2nccs2)=NC1c1ccc(F)cc1Br. The van der Waals surface area contributed by atoms with Crippen LogP contribution in [0.25, 0.3) is 0 Å². The molecule has 4 rings (SSSR count). The van der Waals surface area contributed by atoms with Crippen molar-refractivity contribution < 1.29 is 18.7 Å². The number of aliphatic imine (C=N–C) groups is 1. The maximum atomic E-state index is 13.8. The van der Waals surface area contributed by atoms with Crippen LogP contribution in [0.15, 0.2) is 50.5 Å². The first-order valence-corrected chi connectivity index (χ1v) is 11.7. The van der Waals surface area contributed by atoms with E-state index in [1.54, 1.807) is 19.2 Å². The Morgan fingerprint density at radius 3 is 2.97 bits per heavy atom. The van der Waals surface area contributed by atoms with E-state index < -0.39 is 17.8 Å². The molecule has 1 aromatic heterocycles. The van der Waals surface area contributed by atoms with E-state index in [1.165, 1.54) is 23.5 Å². The van der Waals surface area contributed by atoms with E-state index in [1.807, 2.05) is 10.3 Å². The van der Waals surface area contributed by atoms with Crippen LogP contribution in [-0.4, -0.2) is 60.4 Å². The van der Waals surface area contributed by atoms with Gasteiger partial charge < -0.3 is 15.4 Å². The average Bonchev–Trinajstić information content (AvgIpc) is 3.28. The molecule has 168 valence electrons. The van der Waals surface area contributed by atoms with Crippen molar-refractivity contribution in [2.45, 2.75) is 13.0 Å². The second-order valence-corrected chi connectivity index (χ2v) is 8.93. The lowest BCUT2D eigenvalue weighted by Gasteiger charge is -2.32. The molecule has 1 saturated heterocycles. The number of thiazole rings is 1. The predicted molar refractivity (Wildman–Crippen MR) is 122 cm³/mol. The molecule has 2 aromatic rings. The number of ether oxygens (including phenoxy) is 1. The van der Waals surface area contributed by atoms with Gasteiger partial charge in [0.1, 0.15) is 11.9 Å². The minimum Gasteiger partial charge on any atom is -0.463 e. The number of carbonyl (C=O) groups is 2. The van der Waals surface area contributed by atoms with E-state index in [9.17, 15) is 14.0 Å². The number of benzene rings is 1. The Balaban J connectivity index is 1.81. The molecule has 3 heterocycles. The van der Waals surface area contributed by atoms with Gasteiger partial charge in [0.25, 0.3) is 0 Å². The van der Waals surface area contributed by atoms with Crippen LogP contribution in [-0.2, 0) is 14.3 Å². The number of carbonyl (C=O) groups excluding carboxylic acids is 2. The van der Waals surface area contributed by atoms with Gasteiger partial charge in [-0.15, -0.1) is 11.3 Å². The second-order valence-electron chi connectivity index (χ2n) is 7.18. The summed E-state index contributed by atoms with van der Waals surface area (Å²) in [6.45, 7) is 3.64. The number of amides is 1. The summed E-state index contributed by atoms with van der Waals surface area (Å²) in [6.07, 6.45) is 1.67. The van der Waals surface area contributed by atoms with Gasteiger partial charge in [0, 0.05) is 41.4 Å². The van der Waals surface area contributed by atoms with Crippen LogP contribution in [0.4, 0.5) is 4.39 Å². The van der Waals surface area contributed by atoms with Crippen molar-refractivity contribution in [2.75, 3.05) is 32.8 Å². The van der Waals surface area contributed by atoms with Crippen LogP contribution in [0.1, 0.15) is 23.5 Å². The molecule has 2 N–H and O–H groups in total. The third-order valence-corrected chi connectivity index (χ3v) is 6.48. The molecule has 0 radical (unpaired) electrons. The van der Waals surface area contributed by atoms with Crippen molar-refractivity contribution in [3.8, 4) is 0 Å². The lowest BCUT2D eigenvalue weighted by Crippen LogP contribution is -2.50. The van der Waals surface area contributed by atoms with Crippen molar-refractivity contribution in [1.82, 2.24) is 20.5 Å². The number of hydrogen-bond donors (Lipinski definition) is 2. The molecule has 1 aromatic carbocycles. The zero-order valence-electron chi connectivity index (χ0n) is 17.2. The molecule has 1 fully saturated rings. The molecule has 0 aliphatic carbocycles. The number of nitrogens with one attached hydrogen (secondary N) is 2. The van der Waals surface area contributed by atoms with E-state index in [0.717, 1.165) is 0 Å². The average molecular weight is 522 g/mol. The van der Waals surface area contributed by atoms with Crippen LogP contribution in [0.3, 0.4) is 0 Å². The van der Waals surface area contributed by atoms with Gasteiger partial charge in [-0.3, -0.25) is 14.7 Å². The van der Waals surface area contributed by atoms with E-state index in [2.05, 4.69) is 31.5 Å². The second kappa shape index (κ2) is 9.88. The van der Waals surface area contributed by atoms with E-state index in [4.69, 9.17) is 9.73 Å². The molecular weight excluding hydrogens is 501 g/mol. The Morgan fingerprint density at radius 2 is 2.28 bits per heavy atom. The number of rotatable bonds is 6. The largest absolute Gasteiger partial charge is 0.463 e. The van der Waals surface area contributed by atoms with Crippen LogP contribution in [0.2, 0.25) is 0 Å². The number of nitrogens with zero attached hydrogens (tertiary/aromatic N) is 3. The summed E-state index contributed by atoms with van der Waals surface area (Å²) in [5.74, 6) is -0.484. The summed E-state index contributed by atoms with van der Waals surface area (Å²) >= 11 is 4.82. The van der Waals surface area contributed by atoms with Crippen molar-refractivity contribution in [3.63, 3.8) is 0 Å². The van der Waals surface area contributed by atoms with Gasteiger partial charge >= 0.3 is 5.97 Å². The van der Waals surface area contributed by atoms with E-state index >= 15 is 0 Å². The Hall–Kier alpha value is -2.63. The Bertz CT molecular complexity index is 1090. The Kier molecular flexibility index (Phi) is 6.97. The highest BCUT2D eigenvalue weighted by atomic mass is 79.9. The monoisotopic (exact) mass is 521 g/mol. The third kappa shape index (κ3) is 4.89. The summed E-state index contributed by atoms with van der Waals surface area (Å²) < 4.78 is 19.6. The zero-order chi connectivity index (χ0) is 22.7. The van der Waals surface area contributed by atoms with Crippen LogP contribution in [0, 0.1) is 5.82 Å². The molecule has 2 aliphatic rings. The van der Waals surface area contributed by atoms with E-state index in [-0.39, 0.29) is 19.1 Å². The van der Waals surface area contributed by atoms with Gasteiger partial charge in [0.2, 0.25) is 5.91 Å². The number of halogens is 2. The third-order valence-electron chi connectivity index (χ3n) is 5.01. The predicted octanol–water partition coefficient (Wildman–Crippen LogP) is 2.38. The van der Waals surface area contributed by atoms with Gasteiger partial charge in [-0.05, 0) is 24.6 Å². The highest BCUT2D eigenvalue weighted by Gasteiger charge is 2.35. The summed E-state index contributed by atoms with van der Waals surface area (Å²) in [5.41, 5.74) is 1.53. The number of esters is 1. The topological polar surface area (TPSA) is 95.9 Å². The normalized spacial score (nSPS) is 19.3. The maximum absolute atomic E-state index is 13.8. The molecule has 2 aliphatic heterocycles.